The molecule has 5 nitrogen and oxygen atoms in total. The zero-order valence-corrected chi connectivity index (χ0v) is 12.5. The van der Waals surface area contributed by atoms with Crippen molar-refractivity contribution in [1.29, 1.82) is 0 Å². The lowest BCUT2D eigenvalue weighted by molar-refractivity contribution is 0.546. The van der Waals surface area contributed by atoms with Crippen molar-refractivity contribution in [3.05, 3.63) is 11.4 Å². The first kappa shape index (κ1) is 14.0. The molecule has 2 rings (SSSR count). The number of nitrogen functional groups attached to an aromatic ring is 1. The third kappa shape index (κ3) is 2.96. The molecule has 2 aromatic rings. The minimum Gasteiger partial charge on any atom is -0.356 e. The van der Waals surface area contributed by atoms with Gasteiger partial charge in [0.05, 0.1) is 5.39 Å². The van der Waals surface area contributed by atoms with Gasteiger partial charge in [0, 0.05) is 13.1 Å². The minimum absolute atomic E-state index is 0.479. The number of rotatable bonds is 6. The first-order valence-corrected chi connectivity index (χ1v) is 7.54. The van der Waals surface area contributed by atoms with Crippen LogP contribution in [-0.2, 0) is 0 Å². The van der Waals surface area contributed by atoms with Crippen LogP contribution in [0.25, 0.3) is 10.2 Å². The van der Waals surface area contributed by atoms with Gasteiger partial charge in [-0.3, -0.25) is 5.43 Å². The fourth-order valence-electron chi connectivity index (χ4n) is 2.02. The van der Waals surface area contributed by atoms with Crippen LogP contribution in [0.1, 0.15) is 27.2 Å². The minimum atomic E-state index is 0.479. The lowest BCUT2D eigenvalue weighted by Crippen LogP contribution is -2.29. The molecule has 0 aliphatic rings. The molecule has 19 heavy (non-hydrogen) atoms. The maximum Gasteiger partial charge on any atom is 0.240 e. The van der Waals surface area contributed by atoms with Crippen molar-refractivity contribution in [1.82, 2.24) is 9.97 Å². The molecule has 2 aromatic heterocycles. The monoisotopic (exact) mass is 279 g/mol. The summed E-state index contributed by atoms with van der Waals surface area (Å²) in [6.45, 7) is 8.55. The number of fused-ring (bicyclic) bond motifs is 1. The zero-order chi connectivity index (χ0) is 13.8. The molecular weight excluding hydrogens is 258 g/mol. The second-order valence-corrected chi connectivity index (χ2v) is 5.60. The first-order chi connectivity index (χ1) is 9.19. The molecule has 0 spiro atoms. The second-order valence-electron chi connectivity index (χ2n) is 4.71. The van der Waals surface area contributed by atoms with Crippen LogP contribution in [0.3, 0.4) is 0 Å². The highest BCUT2D eigenvalue weighted by Gasteiger charge is 2.15. The summed E-state index contributed by atoms with van der Waals surface area (Å²) in [5.41, 5.74) is 2.55. The largest absolute Gasteiger partial charge is 0.356 e. The topological polar surface area (TPSA) is 67.1 Å². The number of hydrogen-bond donors (Lipinski definition) is 2. The summed E-state index contributed by atoms with van der Waals surface area (Å²) in [6.07, 6.45) is 1.16. The molecule has 0 bridgehead atoms. The van der Waals surface area contributed by atoms with Gasteiger partial charge >= 0.3 is 0 Å². The highest BCUT2D eigenvalue weighted by atomic mass is 32.1. The van der Waals surface area contributed by atoms with E-state index in [4.69, 9.17) is 5.84 Å². The third-order valence-corrected chi connectivity index (χ3v) is 4.15. The molecule has 1 unspecified atom stereocenters. The van der Waals surface area contributed by atoms with E-state index in [1.165, 1.54) is 0 Å². The van der Waals surface area contributed by atoms with Crippen LogP contribution >= 0.6 is 11.3 Å². The molecule has 0 amide bonds. The number of nitrogens with two attached hydrogens (primary N) is 1. The molecule has 0 aliphatic carbocycles. The van der Waals surface area contributed by atoms with E-state index in [1.54, 1.807) is 11.3 Å². The van der Waals surface area contributed by atoms with Gasteiger partial charge < -0.3 is 4.90 Å². The van der Waals surface area contributed by atoms with E-state index in [1.807, 2.05) is 5.38 Å². The Labute approximate surface area is 117 Å². The highest BCUT2D eigenvalue weighted by molar-refractivity contribution is 7.16. The quantitative estimate of drug-likeness (QED) is 0.628. The van der Waals surface area contributed by atoms with Gasteiger partial charge in [0.15, 0.2) is 0 Å². The fourth-order valence-corrected chi connectivity index (χ4v) is 2.77. The number of nitrogens with one attached hydrogen (secondary N) is 1. The van der Waals surface area contributed by atoms with Gasteiger partial charge in [-0.15, -0.1) is 11.3 Å². The van der Waals surface area contributed by atoms with E-state index in [9.17, 15) is 0 Å². The van der Waals surface area contributed by atoms with Crippen LogP contribution in [-0.4, -0.2) is 23.1 Å². The molecule has 0 aromatic carbocycles. The van der Waals surface area contributed by atoms with E-state index in [0.717, 1.165) is 35.5 Å². The Morgan fingerprint density at radius 3 is 2.84 bits per heavy atom. The van der Waals surface area contributed by atoms with Gasteiger partial charge in [-0.1, -0.05) is 20.3 Å². The lowest BCUT2D eigenvalue weighted by Gasteiger charge is -2.25. The summed E-state index contributed by atoms with van der Waals surface area (Å²) in [4.78, 5) is 12.2. The number of aromatic nitrogens is 2. The SMILES string of the molecule is CCC(C)CN(CC)c1nc(NN)nc2sccc12. The van der Waals surface area contributed by atoms with Crippen molar-refractivity contribution in [3.8, 4) is 0 Å². The summed E-state index contributed by atoms with van der Waals surface area (Å²) < 4.78 is 0. The van der Waals surface area contributed by atoms with Crippen LogP contribution in [0.2, 0.25) is 0 Å². The number of hydrogen-bond acceptors (Lipinski definition) is 6. The maximum atomic E-state index is 5.46. The van der Waals surface area contributed by atoms with E-state index in [2.05, 4.69) is 47.1 Å². The molecule has 0 radical (unpaired) electrons. The van der Waals surface area contributed by atoms with Gasteiger partial charge in [0.2, 0.25) is 5.95 Å². The molecule has 0 aliphatic heterocycles. The number of nitrogens with zero attached hydrogens (tertiary/aromatic N) is 3. The fraction of sp³-hybridized carbons (Fsp3) is 0.538. The summed E-state index contributed by atoms with van der Waals surface area (Å²) in [7, 11) is 0. The standard InChI is InChI=1S/C13H21N5S/c1-4-9(3)8-18(5-2)11-10-6-7-19-12(10)16-13(15-11)17-14/h6-7,9H,4-5,8,14H2,1-3H3,(H,15,16,17). The average Bonchev–Trinajstić information content (AvgIpc) is 2.91. The molecule has 1 atom stereocenters. The van der Waals surface area contributed by atoms with Crippen LogP contribution in [0.4, 0.5) is 11.8 Å². The zero-order valence-electron chi connectivity index (χ0n) is 11.7. The number of hydrazine groups is 1. The van der Waals surface area contributed by atoms with Crippen LogP contribution in [0, 0.1) is 5.92 Å². The summed E-state index contributed by atoms with van der Waals surface area (Å²) in [5, 5.41) is 3.15. The van der Waals surface area contributed by atoms with Crippen molar-refractivity contribution < 1.29 is 0 Å². The average molecular weight is 279 g/mol. The van der Waals surface area contributed by atoms with Crippen LogP contribution < -0.4 is 16.2 Å². The predicted octanol–water partition coefficient (Wildman–Crippen LogP) is 2.85. The molecular formula is C13H21N5S. The van der Waals surface area contributed by atoms with Gasteiger partial charge in [-0.05, 0) is 24.3 Å². The normalized spacial score (nSPS) is 12.6. The molecule has 6 heteroatoms. The first-order valence-electron chi connectivity index (χ1n) is 6.66. The van der Waals surface area contributed by atoms with E-state index >= 15 is 0 Å². The predicted molar refractivity (Wildman–Crippen MR) is 82.6 cm³/mol. The molecule has 0 fully saturated rings. The Bertz CT molecular complexity index is 539. The molecule has 104 valence electrons. The van der Waals surface area contributed by atoms with E-state index in [0.29, 0.717) is 11.9 Å². The molecule has 0 saturated carbocycles. The Balaban J connectivity index is 2.42. The van der Waals surface area contributed by atoms with Crippen molar-refractivity contribution in [2.24, 2.45) is 11.8 Å². The van der Waals surface area contributed by atoms with Crippen molar-refractivity contribution in [2.45, 2.75) is 27.2 Å². The van der Waals surface area contributed by atoms with E-state index in [-0.39, 0.29) is 0 Å². The van der Waals surface area contributed by atoms with Crippen molar-refractivity contribution in [2.75, 3.05) is 23.4 Å². The van der Waals surface area contributed by atoms with E-state index < -0.39 is 0 Å². The van der Waals surface area contributed by atoms with Crippen molar-refractivity contribution in [3.63, 3.8) is 0 Å². The third-order valence-electron chi connectivity index (χ3n) is 3.34. The Morgan fingerprint density at radius 1 is 1.42 bits per heavy atom. The number of thiophene rings is 1. The number of anilines is 2. The van der Waals surface area contributed by atoms with Gasteiger partial charge in [-0.2, -0.15) is 4.98 Å². The smallest absolute Gasteiger partial charge is 0.240 e. The second kappa shape index (κ2) is 6.16. The van der Waals surface area contributed by atoms with Crippen LogP contribution in [0.15, 0.2) is 11.4 Å². The Morgan fingerprint density at radius 2 is 2.21 bits per heavy atom. The Kier molecular flexibility index (Phi) is 4.55. The van der Waals surface area contributed by atoms with Gasteiger partial charge in [-0.25, -0.2) is 10.8 Å². The maximum absolute atomic E-state index is 5.46. The molecule has 2 heterocycles. The summed E-state index contributed by atoms with van der Waals surface area (Å²) >= 11 is 1.61. The van der Waals surface area contributed by atoms with Gasteiger partial charge in [0.25, 0.3) is 0 Å². The molecule has 0 saturated heterocycles. The van der Waals surface area contributed by atoms with Crippen molar-refractivity contribution >= 4 is 33.3 Å². The van der Waals surface area contributed by atoms with Crippen LogP contribution in [0.5, 0.6) is 0 Å². The highest BCUT2D eigenvalue weighted by Crippen LogP contribution is 2.29. The molecule has 3 N–H and O–H groups in total. The lowest BCUT2D eigenvalue weighted by atomic mass is 10.1. The Hall–Kier alpha value is -1.40. The summed E-state index contributed by atoms with van der Waals surface area (Å²) in [5.74, 6) is 7.55. The van der Waals surface area contributed by atoms with Gasteiger partial charge in [0.1, 0.15) is 10.6 Å². The summed E-state index contributed by atoms with van der Waals surface area (Å²) in [6, 6.07) is 2.08.